The molecule has 0 aliphatic heterocycles. The molecular formula is C12H27N3O7S2. The van der Waals surface area contributed by atoms with Crippen molar-refractivity contribution < 1.29 is 34.8 Å². The van der Waals surface area contributed by atoms with E-state index in [1.807, 2.05) is 6.26 Å². The molecule has 144 valence electrons. The van der Waals surface area contributed by atoms with Crippen LogP contribution in [-0.2, 0) is 14.4 Å². The molecule has 10 N–H and O–H groups in total. The second-order valence-electron chi connectivity index (χ2n) is 4.31. The number of hydrogen-bond donors (Lipinski definition) is 8. The van der Waals surface area contributed by atoms with Gasteiger partial charge in [-0.25, -0.2) is 0 Å². The number of carboxylic acids is 3. The molecule has 0 aliphatic carbocycles. The molecular weight excluding hydrogens is 362 g/mol. The molecule has 10 nitrogen and oxygen atoms in total. The number of rotatable bonds is 9. The smallest absolute Gasteiger partial charge is 0.322 e. The minimum Gasteiger partial charge on any atom is -0.480 e. The molecule has 0 aromatic carbocycles. The van der Waals surface area contributed by atoms with E-state index in [-0.39, 0.29) is 0 Å². The van der Waals surface area contributed by atoms with Gasteiger partial charge in [-0.2, -0.15) is 24.4 Å². The van der Waals surface area contributed by atoms with Crippen LogP contribution in [0.2, 0.25) is 0 Å². The minimum absolute atomic E-state index is 0.429. The summed E-state index contributed by atoms with van der Waals surface area (Å²) < 4.78 is 0. The number of carboxylic acid groups (broad SMARTS) is 3. The maximum atomic E-state index is 10.1. The van der Waals surface area contributed by atoms with Gasteiger partial charge >= 0.3 is 17.9 Å². The first-order valence-electron chi connectivity index (χ1n) is 6.70. The summed E-state index contributed by atoms with van der Waals surface area (Å²) in [7, 11) is 0. The highest BCUT2D eigenvalue weighted by Crippen LogP contribution is 1.97. The van der Waals surface area contributed by atoms with Crippen LogP contribution in [-0.4, -0.2) is 80.8 Å². The lowest BCUT2D eigenvalue weighted by atomic mass is 10.2. The Morgan fingerprint density at radius 3 is 1.46 bits per heavy atom. The summed E-state index contributed by atoms with van der Waals surface area (Å²) in [6.45, 7) is -0.505. The summed E-state index contributed by atoms with van der Waals surface area (Å²) in [5.74, 6) is -1.72. The Morgan fingerprint density at radius 2 is 1.29 bits per heavy atom. The second-order valence-corrected chi connectivity index (χ2v) is 5.74. The van der Waals surface area contributed by atoms with Gasteiger partial charge in [0.05, 0.1) is 6.61 Å². The Labute approximate surface area is 150 Å². The average Bonchev–Trinajstić information content (AvgIpc) is 2.52. The van der Waals surface area contributed by atoms with Crippen LogP contribution in [0.4, 0.5) is 0 Å². The summed E-state index contributed by atoms with van der Waals surface area (Å²) >= 11 is 5.42. The zero-order valence-corrected chi connectivity index (χ0v) is 15.1. The lowest BCUT2D eigenvalue weighted by Crippen LogP contribution is -2.33. The number of aliphatic hydroxyl groups excluding tert-OH is 1. The van der Waals surface area contributed by atoms with E-state index < -0.39 is 42.6 Å². The van der Waals surface area contributed by atoms with Crippen molar-refractivity contribution in [3.8, 4) is 0 Å². The van der Waals surface area contributed by atoms with E-state index in [2.05, 4.69) is 12.6 Å². The van der Waals surface area contributed by atoms with E-state index in [1.54, 1.807) is 11.8 Å². The van der Waals surface area contributed by atoms with Crippen molar-refractivity contribution in [1.82, 2.24) is 0 Å². The third-order valence-corrected chi connectivity index (χ3v) is 3.12. The van der Waals surface area contributed by atoms with Crippen LogP contribution in [0, 0.1) is 0 Å². The molecule has 0 saturated carbocycles. The first-order valence-corrected chi connectivity index (χ1v) is 8.73. The largest absolute Gasteiger partial charge is 0.480 e. The Hall–Kier alpha value is -1.05. The third kappa shape index (κ3) is 20.9. The molecule has 0 bridgehead atoms. The normalized spacial score (nSPS) is 13.2. The first-order chi connectivity index (χ1) is 11.0. The molecule has 0 radical (unpaired) electrons. The van der Waals surface area contributed by atoms with Crippen LogP contribution in [0.1, 0.15) is 12.8 Å². The van der Waals surface area contributed by atoms with Crippen LogP contribution < -0.4 is 17.2 Å². The summed E-state index contributed by atoms with van der Waals surface area (Å²) in [4.78, 5) is 29.6. The molecule has 0 unspecified atom stereocenters. The average molecular weight is 389 g/mol. The van der Waals surface area contributed by atoms with E-state index in [0.29, 0.717) is 18.6 Å². The highest BCUT2D eigenvalue weighted by atomic mass is 32.2. The Kier molecular flexibility index (Phi) is 21.2. The summed E-state index contributed by atoms with van der Waals surface area (Å²) in [5.41, 5.74) is 15.0. The fourth-order valence-electron chi connectivity index (χ4n) is 0.709. The zero-order valence-electron chi connectivity index (χ0n) is 13.4. The SMILES string of the molecule is CSCC[C@H](N)C(=O)O.N[C@@H](CCS)C(=O)O.N[C@@H](CO)C(=O)O. The third-order valence-electron chi connectivity index (χ3n) is 2.22. The molecule has 0 rings (SSSR count). The van der Waals surface area contributed by atoms with E-state index in [4.69, 9.17) is 37.6 Å². The topological polar surface area (TPSA) is 210 Å². The molecule has 0 amide bonds. The monoisotopic (exact) mass is 389 g/mol. The van der Waals surface area contributed by atoms with Gasteiger partial charge in [0.2, 0.25) is 0 Å². The Balaban J connectivity index is -0.000000278. The molecule has 0 saturated heterocycles. The molecule has 3 atom stereocenters. The number of nitrogens with two attached hydrogens (primary N) is 3. The van der Waals surface area contributed by atoms with Crippen molar-refractivity contribution in [2.45, 2.75) is 31.0 Å². The lowest BCUT2D eigenvalue weighted by Gasteiger charge is -2.02. The number of aliphatic carboxylic acids is 3. The predicted octanol–water partition coefficient (Wildman–Crippen LogP) is -1.74. The minimum atomic E-state index is -1.18. The molecule has 0 spiro atoms. The van der Waals surface area contributed by atoms with Gasteiger partial charge in [0.1, 0.15) is 18.1 Å². The maximum absolute atomic E-state index is 10.1. The predicted molar refractivity (Wildman–Crippen MR) is 95.4 cm³/mol. The highest BCUT2D eigenvalue weighted by Gasteiger charge is 2.09. The fraction of sp³-hybridized carbons (Fsp3) is 0.750. The number of hydrogen-bond acceptors (Lipinski definition) is 9. The van der Waals surface area contributed by atoms with Crippen molar-refractivity contribution >= 4 is 42.3 Å². The standard InChI is InChI=1S/C5H11NO2S.C4H9NO2S.C3H7NO3/c1-9-3-2-4(6)5(7)8;5-3(1-2-8)4(6)7;4-2(1-5)3(6)7/h4H,2-3,6H2,1H3,(H,7,8);3,8H,1-2,5H2,(H,6,7);2,5H,1,4H2,(H,6,7)/t4-;3-;2-/m000/s1. The molecule has 0 heterocycles. The van der Waals surface area contributed by atoms with Crippen LogP contribution in [0.15, 0.2) is 0 Å². The van der Waals surface area contributed by atoms with Crippen LogP contribution in [0.25, 0.3) is 0 Å². The number of thiol groups is 1. The van der Waals surface area contributed by atoms with Crippen molar-refractivity contribution in [1.29, 1.82) is 0 Å². The van der Waals surface area contributed by atoms with E-state index in [9.17, 15) is 14.4 Å². The summed E-state index contributed by atoms with van der Waals surface area (Å²) in [5, 5.41) is 32.3. The molecule has 12 heteroatoms. The molecule has 0 aromatic heterocycles. The van der Waals surface area contributed by atoms with E-state index in [1.165, 1.54) is 0 Å². The quantitative estimate of drug-likeness (QED) is 0.207. The zero-order chi connectivity index (χ0) is 19.7. The second kappa shape index (κ2) is 18.3. The van der Waals surface area contributed by atoms with Crippen LogP contribution in [0.5, 0.6) is 0 Å². The first kappa shape index (κ1) is 27.8. The Morgan fingerprint density at radius 1 is 0.917 bits per heavy atom. The lowest BCUT2D eigenvalue weighted by molar-refractivity contribution is -0.140. The van der Waals surface area contributed by atoms with Gasteiger partial charge in [-0.15, -0.1) is 0 Å². The number of thioether (sulfide) groups is 1. The van der Waals surface area contributed by atoms with Crippen LogP contribution >= 0.6 is 24.4 Å². The van der Waals surface area contributed by atoms with E-state index in [0.717, 1.165) is 5.75 Å². The van der Waals surface area contributed by atoms with Crippen molar-refractivity contribution in [2.75, 3.05) is 24.4 Å². The van der Waals surface area contributed by atoms with Crippen LogP contribution in [0.3, 0.4) is 0 Å². The van der Waals surface area contributed by atoms with Crippen molar-refractivity contribution in [3.05, 3.63) is 0 Å². The van der Waals surface area contributed by atoms with Gasteiger partial charge in [-0.3, -0.25) is 14.4 Å². The van der Waals surface area contributed by atoms with Crippen molar-refractivity contribution in [2.24, 2.45) is 17.2 Å². The fourth-order valence-corrected chi connectivity index (χ4v) is 1.48. The summed E-state index contributed by atoms with van der Waals surface area (Å²) in [6.07, 6.45) is 2.91. The van der Waals surface area contributed by atoms with Gasteiger partial charge in [0.15, 0.2) is 0 Å². The molecule has 24 heavy (non-hydrogen) atoms. The molecule has 0 aliphatic rings. The maximum Gasteiger partial charge on any atom is 0.322 e. The number of aliphatic hydroxyl groups is 1. The van der Waals surface area contributed by atoms with Gasteiger partial charge in [-0.05, 0) is 30.6 Å². The van der Waals surface area contributed by atoms with E-state index >= 15 is 0 Å². The highest BCUT2D eigenvalue weighted by molar-refractivity contribution is 7.98. The van der Waals surface area contributed by atoms with Crippen molar-refractivity contribution in [3.63, 3.8) is 0 Å². The van der Waals surface area contributed by atoms with Gasteiger partial charge < -0.3 is 37.6 Å². The number of carbonyl (C=O) groups is 3. The molecule has 0 fully saturated rings. The Bertz CT molecular complexity index is 362. The van der Waals surface area contributed by atoms with Gasteiger partial charge in [0, 0.05) is 0 Å². The molecule has 0 aromatic rings. The van der Waals surface area contributed by atoms with Gasteiger partial charge in [0.25, 0.3) is 0 Å². The summed E-state index contributed by atoms with van der Waals surface area (Å²) in [6, 6.07) is -2.55. The van der Waals surface area contributed by atoms with Gasteiger partial charge in [-0.1, -0.05) is 0 Å².